The van der Waals surface area contributed by atoms with Gasteiger partial charge in [0.25, 0.3) is 5.91 Å². The molecule has 0 bridgehead atoms. The van der Waals surface area contributed by atoms with Gasteiger partial charge in [-0.05, 0) is 32.0 Å². The first-order chi connectivity index (χ1) is 11.1. The van der Waals surface area contributed by atoms with Crippen LogP contribution >= 0.6 is 0 Å². The highest BCUT2D eigenvalue weighted by molar-refractivity contribution is 5.95. The van der Waals surface area contributed by atoms with Gasteiger partial charge in [0.2, 0.25) is 0 Å². The van der Waals surface area contributed by atoms with Crippen LogP contribution in [0.5, 0.6) is 11.5 Å². The third-order valence-corrected chi connectivity index (χ3v) is 3.76. The normalized spacial score (nSPS) is 10.3. The summed E-state index contributed by atoms with van der Waals surface area (Å²) in [4.78, 5) is 18.5. The third-order valence-electron chi connectivity index (χ3n) is 3.76. The molecule has 5 heteroatoms. The van der Waals surface area contributed by atoms with E-state index in [2.05, 4.69) is 4.98 Å². The Labute approximate surface area is 136 Å². The summed E-state index contributed by atoms with van der Waals surface area (Å²) in [5, 5.41) is 0. The first-order valence-electron chi connectivity index (χ1n) is 7.61. The lowest BCUT2D eigenvalue weighted by Gasteiger charge is -2.19. The average Bonchev–Trinajstić information content (AvgIpc) is 2.62. The molecule has 0 aliphatic rings. The molecule has 23 heavy (non-hydrogen) atoms. The van der Waals surface area contributed by atoms with Crippen LogP contribution in [0, 0.1) is 0 Å². The second kappa shape index (κ2) is 7.63. The highest BCUT2D eigenvalue weighted by atomic mass is 16.5. The maximum Gasteiger partial charge on any atom is 0.255 e. The summed E-state index contributed by atoms with van der Waals surface area (Å²) in [5.41, 5.74) is 2.28. The van der Waals surface area contributed by atoms with Gasteiger partial charge in [-0.2, -0.15) is 0 Å². The lowest BCUT2D eigenvalue weighted by Crippen LogP contribution is -2.30. The number of aromatic nitrogens is 1. The molecule has 0 atom stereocenters. The molecule has 2 aromatic rings. The number of rotatable bonds is 6. The van der Waals surface area contributed by atoms with Crippen molar-refractivity contribution in [3.8, 4) is 22.6 Å². The number of carbonyl (C=O) groups excluding carboxylic acids is 1. The minimum atomic E-state index is -0.0168. The minimum absolute atomic E-state index is 0.0168. The molecule has 0 unspecified atom stereocenters. The zero-order valence-corrected chi connectivity index (χ0v) is 14.0. The quantitative estimate of drug-likeness (QED) is 0.821. The Balaban J connectivity index is 2.42. The topological polar surface area (TPSA) is 51.7 Å². The molecule has 0 fully saturated rings. The van der Waals surface area contributed by atoms with Crippen molar-refractivity contribution in [3.63, 3.8) is 0 Å². The minimum Gasteiger partial charge on any atom is -0.497 e. The molecular weight excluding hydrogens is 292 g/mol. The molecule has 5 nitrogen and oxygen atoms in total. The summed E-state index contributed by atoms with van der Waals surface area (Å²) in [6, 6.07) is 7.42. The Hall–Kier alpha value is -2.56. The highest BCUT2D eigenvalue weighted by Gasteiger charge is 2.15. The van der Waals surface area contributed by atoms with Crippen LogP contribution in [0.2, 0.25) is 0 Å². The van der Waals surface area contributed by atoms with Crippen molar-refractivity contribution in [1.29, 1.82) is 0 Å². The number of benzene rings is 1. The first kappa shape index (κ1) is 16.8. The number of amides is 1. The van der Waals surface area contributed by atoms with Gasteiger partial charge in [-0.3, -0.25) is 9.78 Å². The second-order valence-electron chi connectivity index (χ2n) is 5.01. The van der Waals surface area contributed by atoms with Gasteiger partial charge in [0.05, 0.1) is 19.8 Å². The fourth-order valence-corrected chi connectivity index (χ4v) is 2.43. The largest absolute Gasteiger partial charge is 0.497 e. The summed E-state index contributed by atoms with van der Waals surface area (Å²) in [6.45, 7) is 5.27. The monoisotopic (exact) mass is 314 g/mol. The van der Waals surface area contributed by atoms with E-state index in [0.29, 0.717) is 30.2 Å². The Kier molecular flexibility index (Phi) is 5.57. The van der Waals surface area contributed by atoms with Crippen LogP contribution in [-0.2, 0) is 0 Å². The second-order valence-corrected chi connectivity index (χ2v) is 5.01. The summed E-state index contributed by atoms with van der Waals surface area (Å²) in [6.07, 6.45) is 3.32. The van der Waals surface area contributed by atoms with Crippen molar-refractivity contribution in [2.24, 2.45) is 0 Å². The van der Waals surface area contributed by atoms with Crippen molar-refractivity contribution in [2.75, 3.05) is 27.3 Å². The van der Waals surface area contributed by atoms with Gasteiger partial charge in [0, 0.05) is 42.7 Å². The van der Waals surface area contributed by atoms with E-state index in [9.17, 15) is 4.79 Å². The molecule has 0 spiro atoms. The highest BCUT2D eigenvalue weighted by Crippen LogP contribution is 2.33. The standard InChI is InChI=1S/C18H22N2O3/c1-5-20(6-2)18(21)14-9-13(11-19-12-14)16-8-7-15(22-3)10-17(16)23-4/h7-12H,5-6H2,1-4H3. The molecule has 0 N–H and O–H groups in total. The summed E-state index contributed by atoms with van der Waals surface area (Å²) < 4.78 is 10.6. The third kappa shape index (κ3) is 3.62. The lowest BCUT2D eigenvalue weighted by atomic mass is 10.0. The van der Waals surface area contributed by atoms with E-state index in [-0.39, 0.29) is 5.91 Å². The van der Waals surface area contributed by atoms with Crippen LogP contribution in [0.4, 0.5) is 0 Å². The van der Waals surface area contributed by atoms with Gasteiger partial charge < -0.3 is 14.4 Å². The van der Waals surface area contributed by atoms with Crippen molar-refractivity contribution < 1.29 is 14.3 Å². The van der Waals surface area contributed by atoms with Gasteiger partial charge in [0.1, 0.15) is 11.5 Å². The van der Waals surface area contributed by atoms with E-state index in [1.807, 2.05) is 38.1 Å². The van der Waals surface area contributed by atoms with Crippen LogP contribution in [0.1, 0.15) is 24.2 Å². The SMILES string of the molecule is CCN(CC)C(=O)c1cncc(-c2ccc(OC)cc2OC)c1. The van der Waals surface area contributed by atoms with E-state index >= 15 is 0 Å². The van der Waals surface area contributed by atoms with Crippen molar-refractivity contribution in [3.05, 3.63) is 42.2 Å². The average molecular weight is 314 g/mol. The molecule has 0 aliphatic carbocycles. The van der Waals surface area contributed by atoms with E-state index in [1.165, 1.54) is 0 Å². The van der Waals surface area contributed by atoms with E-state index in [4.69, 9.17) is 9.47 Å². The number of hydrogen-bond acceptors (Lipinski definition) is 4. The van der Waals surface area contributed by atoms with E-state index in [1.54, 1.807) is 31.5 Å². The molecule has 1 aromatic carbocycles. The molecule has 122 valence electrons. The Morgan fingerprint density at radius 2 is 1.83 bits per heavy atom. The van der Waals surface area contributed by atoms with Crippen LogP contribution in [0.25, 0.3) is 11.1 Å². The van der Waals surface area contributed by atoms with Gasteiger partial charge >= 0.3 is 0 Å². The summed E-state index contributed by atoms with van der Waals surface area (Å²) in [7, 11) is 3.22. The molecule has 1 heterocycles. The maximum absolute atomic E-state index is 12.5. The van der Waals surface area contributed by atoms with E-state index < -0.39 is 0 Å². The smallest absolute Gasteiger partial charge is 0.255 e. The zero-order chi connectivity index (χ0) is 16.8. The fourth-order valence-electron chi connectivity index (χ4n) is 2.43. The number of pyridine rings is 1. The number of carbonyl (C=O) groups is 1. The predicted octanol–water partition coefficient (Wildman–Crippen LogP) is 3.25. The maximum atomic E-state index is 12.5. The zero-order valence-electron chi connectivity index (χ0n) is 14.0. The molecule has 0 radical (unpaired) electrons. The van der Waals surface area contributed by atoms with Crippen LogP contribution in [0.3, 0.4) is 0 Å². The fraction of sp³-hybridized carbons (Fsp3) is 0.333. The van der Waals surface area contributed by atoms with Gasteiger partial charge in [-0.1, -0.05) is 0 Å². The Bertz CT molecular complexity index is 682. The Morgan fingerprint density at radius 1 is 1.09 bits per heavy atom. The number of ether oxygens (including phenoxy) is 2. The molecule has 1 aromatic heterocycles. The number of nitrogens with zero attached hydrogens (tertiary/aromatic N) is 2. The Morgan fingerprint density at radius 3 is 2.43 bits per heavy atom. The molecule has 1 amide bonds. The lowest BCUT2D eigenvalue weighted by molar-refractivity contribution is 0.0772. The van der Waals surface area contributed by atoms with Crippen molar-refractivity contribution in [1.82, 2.24) is 9.88 Å². The van der Waals surface area contributed by atoms with Crippen LogP contribution in [0.15, 0.2) is 36.7 Å². The van der Waals surface area contributed by atoms with Gasteiger partial charge in [-0.15, -0.1) is 0 Å². The van der Waals surface area contributed by atoms with Gasteiger partial charge in [-0.25, -0.2) is 0 Å². The molecule has 0 aliphatic heterocycles. The van der Waals surface area contributed by atoms with E-state index in [0.717, 1.165) is 11.1 Å². The number of methoxy groups -OCH3 is 2. The number of hydrogen-bond donors (Lipinski definition) is 0. The van der Waals surface area contributed by atoms with Crippen LogP contribution in [-0.4, -0.2) is 43.1 Å². The summed E-state index contributed by atoms with van der Waals surface area (Å²) in [5.74, 6) is 1.38. The first-order valence-corrected chi connectivity index (χ1v) is 7.61. The van der Waals surface area contributed by atoms with Crippen molar-refractivity contribution in [2.45, 2.75) is 13.8 Å². The van der Waals surface area contributed by atoms with Crippen LogP contribution < -0.4 is 9.47 Å². The molecule has 2 rings (SSSR count). The summed E-state index contributed by atoms with van der Waals surface area (Å²) >= 11 is 0. The van der Waals surface area contributed by atoms with Gasteiger partial charge in [0.15, 0.2) is 0 Å². The molecule has 0 saturated carbocycles. The van der Waals surface area contributed by atoms with Crippen molar-refractivity contribution >= 4 is 5.91 Å². The predicted molar refractivity (Wildman–Crippen MR) is 90.0 cm³/mol. The molecule has 0 saturated heterocycles. The molecular formula is C18H22N2O3.